The van der Waals surface area contributed by atoms with Crippen LogP contribution in [0.4, 0.5) is 0 Å². The SMILES string of the molecule is O=C(C[C@H](c1ccccc1)[C@@H](O)C(=O)c1ccccc1)c1ccccc1. The van der Waals surface area contributed by atoms with Crippen LogP contribution in [0.15, 0.2) is 91.0 Å². The molecule has 0 saturated carbocycles. The molecule has 0 heterocycles. The normalized spacial score (nSPS) is 13.0. The first-order valence-electron chi connectivity index (χ1n) is 8.57. The van der Waals surface area contributed by atoms with Gasteiger partial charge in [0.05, 0.1) is 0 Å². The Morgan fingerprint density at radius 2 is 1.15 bits per heavy atom. The standard InChI is InChI=1S/C23H20O3/c24-21(18-12-6-2-7-13-18)16-20(17-10-4-1-5-11-17)23(26)22(25)19-14-8-3-9-15-19/h1-15,20,23,26H,16H2/t20-,23-/m1/s1. The number of benzene rings is 3. The molecular formula is C23H20O3. The van der Waals surface area contributed by atoms with Gasteiger partial charge in [0, 0.05) is 23.5 Å². The lowest BCUT2D eigenvalue weighted by molar-refractivity contribution is 0.0666. The maximum atomic E-state index is 12.7. The van der Waals surface area contributed by atoms with Crippen LogP contribution < -0.4 is 0 Å². The summed E-state index contributed by atoms with van der Waals surface area (Å²) < 4.78 is 0. The number of carbonyl (C=O) groups excluding carboxylic acids is 2. The first kappa shape index (κ1) is 17.8. The summed E-state index contributed by atoms with van der Waals surface area (Å²) in [4.78, 5) is 25.4. The number of aliphatic hydroxyl groups is 1. The lowest BCUT2D eigenvalue weighted by Crippen LogP contribution is -2.30. The maximum absolute atomic E-state index is 12.7. The minimum atomic E-state index is -1.28. The molecule has 3 nitrogen and oxygen atoms in total. The highest BCUT2D eigenvalue weighted by atomic mass is 16.3. The molecule has 1 N–H and O–H groups in total. The van der Waals surface area contributed by atoms with E-state index in [4.69, 9.17) is 0 Å². The number of Topliss-reactive ketones (excluding diaryl/α,β-unsaturated/α-hetero) is 2. The summed E-state index contributed by atoms with van der Waals surface area (Å²) in [6.45, 7) is 0. The molecular weight excluding hydrogens is 324 g/mol. The van der Waals surface area contributed by atoms with Crippen molar-refractivity contribution in [2.75, 3.05) is 0 Å². The highest BCUT2D eigenvalue weighted by Gasteiger charge is 2.30. The van der Waals surface area contributed by atoms with Crippen LogP contribution in [0.2, 0.25) is 0 Å². The van der Waals surface area contributed by atoms with E-state index in [1.54, 1.807) is 48.5 Å². The Morgan fingerprint density at radius 1 is 0.692 bits per heavy atom. The van der Waals surface area contributed by atoms with Gasteiger partial charge in [-0.05, 0) is 5.56 Å². The third kappa shape index (κ3) is 4.13. The van der Waals surface area contributed by atoms with E-state index in [0.717, 1.165) is 5.56 Å². The number of ketones is 2. The van der Waals surface area contributed by atoms with Crippen LogP contribution in [0.3, 0.4) is 0 Å². The first-order valence-corrected chi connectivity index (χ1v) is 8.57. The van der Waals surface area contributed by atoms with Crippen molar-refractivity contribution in [3.63, 3.8) is 0 Å². The third-order valence-electron chi connectivity index (χ3n) is 4.44. The van der Waals surface area contributed by atoms with Gasteiger partial charge >= 0.3 is 0 Å². The predicted octanol–water partition coefficient (Wildman–Crippen LogP) is 4.29. The lowest BCUT2D eigenvalue weighted by Gasteiger charge is -2.22. The Bertz CT molecular complexity index is 858. The van der Waals surface area contributed by atoms with Crippen molar-refractivity contribution < 1.29 is 14.7 Å². The predicted molar refractivity (Wildman–Crippen MR) is 101 cm³/mol. The van der Waals surface area contributed by atoms with Gasteiger partial charge in [0.25, 0.3) is 0 Å². The second-order valence-electron chi connectivity index (χ2n) is 6.19. The minimum Gasteiger partial charge on any atom is -0.384 e. The highest BCUT2D eigenvalue weighted by molar-refractivity contribution is 6.01. The zero-order valence-electron chi connectivity index (χ0n) is 14.3. The van der Waals surface area contributed by atoms with E-state index in [2.05, 4.69) is 0 Å². The smallest absolute Gasteiger partial charge is 0.191 e. The van der Waals surface area contributed by atoms with Crippen molar-refractivity contribution in [3.8, 4) is 0 Å². The van der Waals surface area contributed by atoms with Crippen LogP contribution in [-0.4, -0.2) is 22.8 Å². The number of hydrogen-bond acceptors (Lipinski definition) is 3. The van der Waals surface area contributed by atoms with Crippen LogP contribution in [0, 0.1) is 0 Å². The summed E-state index contributed by atoms with van der Waals surface area (Å²) in [5.74, 6) is -1.07. The molecule has 3 rings (SSSR count). The summed E-state index contributed by atoms with van der Waals surface area (Å²) in [5.41, 5.74) is 1.79. The zero-order chi connectivity index (χ0) is 18.4. The molecule has 3 aromatic carbocycles. The summed E-state index contributed by atoms with van der Waals surface area (Å²) in [6, 6.07) is 26.8. The minimum absolute atomic E-state index is 0.0633. The Hall–Kier alpha value is -3.04. The molecule has 0 fully saturated rings. The molecule has 3 heteroatoms. The number of aliphatic hydroxyl groups excluding tert-OH is 1. The van der Waals surface area contributed by atoms with Crippen LogP contribution in [-0.2, 0) is 0 Å². The summed E-state index contributed by atoms with van der Waals surface area (Å²) in [6.07, 6.45) is -1.22. The molecule has 3 aromatic rings. The largest absolute Gasteiger partial charge is 0.384 e. The second-order valence-corrected chi connectivity index (χ2v) is 6.19. The molecule has 0 saturated heterocycles. The van der Waals surface area contributed by atoms with E-state index in [0.29, 0.717) is 11.1 Å². The van der Waals surface area contributed by atoms with E-state index >= 15 is 0 Å². The molecule has 0 spiro atoms. The van der Waals surface area contributed by atoms with Gasteiger partial charge in [-0.3, -0.25) is 9.59 Å². The van der Waals surface area contributed by atoms with Gasteiger partial charge in [-0.15, -0.1) is 0 Å². The van der Waals surface area contributed by atoms with E-state index in [-0.39, 0.29) is 18.0 Å². The number of hydrogen-bond donors (Lipinski definition) is 1. The lowest BCUT2D eigenvalue weighted by atomic mass is 9.84. The van der Waals surface area contributed by atoms with Gasteiger partial charge in [0.1, 0.15) is 6.10 Å². The molecule has 0 aliphatic rings. The van der Waals surface area contributed by atoms with Crippen molar-refractivity contribution in [1.82, 2.24) is 0 Å². The average Bonchev–Trinajstić information content (AvgIpc) is 2.72. The van der Waals surface area contributed by atoms with Gasteiger partial charge in [-0.25, -0.2) is 0 Å². The van der Waals surface area contributed by atoms with Gasteiger partial charge < -0.3 is 5.11 Å². The highest BCUT2D eigenvalue weighted by Crippen LogP contribution is 2.27. The van der Waals surface area contributed by atoms with Crippen LogP contribution in [0.25, 0.3) is 0 Å². The van der Waals surface area contributed by atoms with Crippen molar-refractivity contribution in [3.05, 3.63) is 108 Å². The topological polar surface area (TPSA) is 54.4 Å². The van der Waals surface area contributed by atoms with E-state index in [1.165, 1.54) is 0 Å². The van der Waals surface area contributed by atoms with E-state index in [1.807, 2.05) is 42.5 Å². The third-order valence-corrected chi connectivity index (χ3v) is 4.44. The molecule has 0 bridgehead atoms. The maximum Gasteiger partial charge on any atom is 0.191 e. The Labute approximate surface area is 152 Å². The fraction of sp³-hybridized carbons (Fsp3) is 0.130. The van der Waals surface area contributed by atoms with Crippen LogP contribution in [0.5, 0.6) is 0 Å². The van der Waals surface area contributed by atoms with Crippen molar-refractivity contribution in [1.29, 1.82) is 0 Å². The molecule has 0 aliphatic heterocycles. The zero-order valence-corrected chi connectivity index (χ0v) is 14.3. The molecule has 0 radical (unpaired) electrons. The van der Waals surface area contributed by atoms with Crippen molar-refractivity contribution in [2.24, 2.45) is 0 Å². The second kappa shape index (κ2) is 8.37. The monoisotopic (exact) mass is 344 g/mol. The average molecular weight is 344 g/mol. The molecule has 130 valence electrons. The fourth-order valence-electron chi connectivity index (χ4n) is 3.01. The van der Waals surface area contributed by atoms with Crippen molar-refractivity contribution in [2.45, 2.75) is 18.4 Å². The number of carbonyl (C=O) groups is 2. The molecule has 0 amide bonds. The van der Waals surface area contributed by atoms with E-state index < -0.39 is 12.0 Å². The van der Waals surface area contributed by atoms with Gasteiger partial charge in [0.2, 0.25) is 0 Å². The van der Waals surface area contributed by atoms with Crippen LogP contribution in [0.1, 0.15) is 38.6 Å². The summed E-state index contributed by atoms with van der Waals surface area (Å²) in [5, 5.41) is 10.8. The van der Waals surface area contributed by atoms with Gasteiger partial charge in [0.15, 0.2) is 11.6 Å². The summed E-state index contributed by atoms with van der Waals surface area (Å²) >= 11 is 0. The van der Waals surface area contributed by atoms with Gasteiger partial charge in [-0.1, -0.05) is 91.0 Å². The fourth-order valence-corrected chi connectivity index (χ4v) is 3.01. The van der Waals surface area contributed by atoms with Gasteiger partial charge in [-0.2, -0.15) is 0 Å². The van der Waals surface area contributed by atoms with Crippen molar-refractivity contribution >= 4 is 11.6 Å². The number of rotatable bonds is 7. The molecule has 2 atom stereocenters. The Kier molecular flexibility index (Phi) is 5.72. The Balaban J connectivity index is 1.89. The molecule has 0 aromatic heterocycles. The summed E-state index contributed by atoms with van der Waals surface area (Å²) in [7, 11) is 0. The molecule has 26 heavy (non-hydrogen) atoms. The molecule has 0 aliphatic carbocycles. The quantitative estimate of drug-likeness (QED) is 0.651. The first-order chi connectivity index (χ1) is 12.7. The molecule has 0 unspecified atom stereocenters. The Morgan fingerprint density at radius 3 is 1.69 bits per heavy atom. The van der Waals surface area contributed by atoms with E-state index in [9.17, 15) is 14.7 Å². The van der Waals surface area contributed by atoms with Crippen LogP contribution >= 0.6 is 0 Å².